The maximum atomic E-state index is 11.9. The molecule has 0 spiro atoms. The number of rotatable bonds is 5. The zero-order chi connectivity index (χ0) is 13.0. The minimum absolute atomic E-state index is 0.158. The number of aryl methyl sites for hydroxylation is 1. The molecule has 0 saturated carbocycles. The molecule has 0 bridgehead atoms. The maximum Gasteiger partial charge on any atom is 0.163 e. The summed E-state index contributed by atoms with van der Waals surface area (Å²) in [6, 6.07) is 5.67. The smallest absolute Gasteiger partial charge is 0.163 e. The van der Waals surface area contributed by atoms with Gasteiger partial charge in [-0.3, -0.25) is 4.79 Å². The van der Waals surface area contributed by atoms with Crippen molar-refractivity contribution < 1.29 is 9.53 Å². The van der Waals surface area contributed by atoms with Crippen LogP contribution >= 0.6 is 0 Å². The summed E-state index contributed by atoms with van der Waals surface area (Å²) in [7, 11) is 0. The van der Waals surface area contributed by atoms with Crippen LogP contribution in [0, 0.1) is 12.8 Å². The second-order valence-corrected chi connectivity index (χ2v) is 5.17. The molecule has 1 aromatic carbocycles. The highest BCUT2D eigenvalue weighted by Gasteiger charge is 2.10. The van der Waals surface area contributed by atoms with Gasteiger partial charge in [0.05, 0.1) is 6.10 Å². The molecule has 0 aliphatic rings. The predicted octanol–water partition coefficient (Wildman–Crippen LogP) is 4.01. The standard InChI is InChI=1S/C15H22O2/c1-10(2)8-14(16)13-6-7-15(12(5)9-13)17-11(3)4/h6-7,9-11H,8H2,1-5H3. The van der Waals surface area contributed by atoms with Crippen LogP contribution in [0.3, 0.4) is 0 Å². The number of ketones is 1. The van der Waals surface area contributed by atoms with E-state index in [4.69, 9.17) is 4.74 Å². The fourth-order valence-corrected chi connectivity index (χ4v) is 1.70. The first-order chi connectivity index (χ1) is 7.90. The van der Waals surface area contributed by atoms with Crippen molar-refractivity contribution in [3.63, 3.8) is 0 Å². The number of hydrogen-bond donors (Lipinski definition) is 0. The Morgan fingerprint density at radius 1 is 1.24 bits per heavy atom. The van der Waals surface area contributed by atoms with Crippen LogP contribution in [0.5, 0.6) is 5.75 Å². The number of benzene rings is 1. The molecule has 0 aliphatic heterocycles. The second-order valence-electron chi connectivity index (χ2n) is 5.17. The first-order valence-corrected chi connectivity index (χ1v) is 6.20. The molecule has 0 atom stereocenters. The van der Waals surface area contributed by atoms with Crippen LogP contribution in [0.4, 0.5) is 0 Å². The van der Waals surface area contributed by atoms with E-state index in [0.29, 0.717) is 12.3 Å². The molecule has 2 heteroatoms. The predicted molar refractivity (Wildman–Crippen MR) is 70.7 cm³/mol. The van der Waals surface area contributed by atoms with Crippen molar-refractivity contribution >= 4 is 5.78 Å². The minimum Gasteiger partial charge on any atom is -0.491 e. The van der Waals surface area contributed by atoms with Gasteiger partial charge < -0.3 is 4.74 Å². The molecule has 94 valence electrons. The summed E-state index contributed by atoms with van der Waals surface area (Å²) in [6.07, 6.45) is 0.759. The van der Waals surface area contributed by atoms with Gasteiger partial charge >= 0.3 is 0 Å². The third-order valence-corrected chi connectivity index (χ3v) is 2.45. The molecule has 0 radical (unpaired) electrons. The lowest BCUT2D eigenvalue weighted by molar-refractivity contribution is 0.0967. The van der Waals surface area contributed by atoms with Crippen molar-refractivity contribution in [1.82, 2.24) is 0 Å². The van der Waals surface area contributed by atoms with Gasteiger partial charge in [0.1, 0.15) is 5.75 Å². The summed E-state index contributed by atoms with van der Waals surface area (Å²) in [5, 5.41) is 0. The summed E-state index contributed by atoms with van der Waals surface area (Å²) < 4.78 is 5.65. The van der Waals surface area contributed by atoms with Gasteiger partial charge in [-0.2, -0.15) is 0 Å². The Morgan fingerprint density at radius 2 is 1.88 bits per heavy atom. The van der Waals surface area contributed by atoms with Gasteiger partial charge in [-0.25, -0.2) is 0 Å². The summed E-state index contributed by atoms with van der Waals surface area (Å²) >= 11 is 0. The molecule has 0 heterocycles. The van der Waals surface area contributed by atoms with Gasteiger partial charge in [-0.15, -0.1) is 0 Å². The van der Waals surface area contributed by atoms with E-state index < -0.39 is 0 Å². The molecule has 0 aliphatic carbocycles. The summed E-state index contributed by atoms with van der Waals surface area (Å²) in [5.41, 5.74) is 1.81. The Bertz CT molecular complexity index is 392. The van der Waals surface area contributed by atoms with Gasteiger partial charge in [0, 0.05) is 12.0 Å². The zero-order valence-corrected chi connectivity index (χ0v) is 11.4. The summed E-state index contributed by atoms with van der Waals surface area (Å²) in [6.45, 7) is 10.1. The van der Waals surface area contributed by atoms with Crippen molar-refractivity contribution in [2.24, 2.45) is 5.92 Å². The SMILES string of the molecule is Cc1cc(C(=O)CC(C)C)ccc1OC(C)C. The van der Waals surface area contributed by atoms with Crippen LogP contribution in [0.25, 0.3) is 0 Å². The Morgan fingerprint density at radius 3 is 2.35 bits per heavy atom. The monoisotopic (exact) mass is 234 g/mol. The van der Waals surface area contributed by atoms with E-state index >= 15 is 0 Å². The third-order valence-electron chi connectivity index (χ3n) is 2.45. The molecule has 2 nitrogen and oxygen atoms in total. The van der Waals surface area contributed by atoms with Gasteiger partial charge in [-0.05, 0) is 50.5 Å². The van der Waals surface area contributed by atoms with Crippen molar-refractivity contribution in [2.45, 2.75) is 47.1 Å². The summed E-state index contributed by atoms with van der Waals surface area (Å²) in [4.78, 5) is 11.9. The highest BCUT2D eigenvalue weighted by molar-refractivity contribution is 5.96. The van der Waals surface area contributed by atoms with Gasteiger partial charge in [0.25, 0.3) is 0 Å². The lowest BCUT2D eigenvalue weighted by Crippen LogP contribution is -2.08. The number of hydrogen-bond acceptors (Lipinski definition) is 2. The number of carbonyl (C=O) groups is 1. The minimum atomic E-state index is 0.158. The van der Waals surface area contributed by atoms with Gasteiger partial charge in [0.15, 0.2) is 5.78 Å². The van der Waals surface area contributed by atoms with Crippen LogP contribution in [-0.4, -0.2) is 11.9 Å². The van der Waals surface area contributed by atoms with Crippen LogP contribution in [-0.2, 0) is 0 Å². The van der Waals surface area contributed by atoms with Gasteiger partial charge in [-0.1, -0.05) is 13.8 Å². The molecule has 17 heavy (non-hydrogen) atoms. The van der Waals surface area contributed by atoms with E-state index in [1.807, 2.05) is 39.0 Å². The third kappa shape index (κ3) is 4.22. The normalized spacial score (nSPS) is 11.0. The maximum absolute atomic E-state index is 11.9. The van der Waals surface area contributed by atoms with Crippen LogP contribution < -0.4 is 4.74 Å². The van der Waals surface area contributed by atoms with Crippen LogP contribution in [0.2, 0.25) is 0 Å². The summed E-state index contributed by atoms with van der Waals surface area (Å²) in [5.74, 6) is 1.47. The number of carbonyl (C=O) groups excluding carboxylic acids is 1. The Labute approximate surface area is 104 Å². The molecule has 0 amide bonds. The highest BCUT2D eigenvalue weighted by atomic mass is 16.5. The van der Waals surface area contributed by atoms with E-state index in [9.17, 15) is 4.79 Å². The van der Waals surface area contributed by atoms with E-state index in [2.05, 4.69) is 13.8 Å². The topological polar surface area (TPSA) is 26.3 Å². The lowest BCUT2D eigenvalue weighted by Gasteiger charge is -2.13. The van der Waals surface area contributed by atoms with Crippen molar-refractivity contribution in [1.29, 1.82) is 0 Å². The Balaban J connectivity index is 2.85. The van der Waals surface area contributed by atoms with E-state index in [1.54, 1.807) is 0 Å². The van der Waals surface area contributed by atoms with Crippen molar-refractivity contribution in [3.8, 4) is 5.75 Å². The Hall–Kier alpha value is -1.31. The molecular formula is C15H22O2. The van der Waals surface area contributed by atoms with Crippen LogP contribution in [0.15, 0.2) is 18.2 Å². The molecular weight excluding hydrogens is 212 g/mol. The van der Waals surface area contributed by atoms with Crippen molar-refractivity contribution in [3.05, 3.63) is 29.3 Å². The van der Waals surface area contributed by atoms with E-state index in [1.165, 1.54) is 0 Å². The second kappa shape index (κ2) is 5.85. The van der Waals surface area contributed by atoms with Crippen molar-refractivity contribution in [2.75, 3.05) is 0 Å². The quantitative estimate of drug-likeness (QED) is 0.719. The zero-order valence-electron chi connectivity index (χ0n) is 11.4. The Kier molecular flexibility index (Phi) is 4.73. The fraction of sp³-hybridized carbons (Fsp3) is 0.533. The van der Waals surface area contributed by atoms with E-state index in [0.717, 1.165) is 16.9 Å². The van der Waals surface area contributed by atoms with E-state index in [-0.39, 0.29) is 11.9 Å². The number of Topliss-reactive ketones (excluding diaryl/α,β-unsaturated/α-hetero) is 1. The molecule has 1 aromatic rings. The average molecular weight is 234 g/mol. The first kappa shape index (κ1) is 13.8. The molecule has 0 N–H and O–H groups in total. The largest absolute Gasteiger partial charge is 0.491 e. The average Bonchev–Trinajstić information content (AvgIpc) is 2.19. The molecule has 1 rings (SSSR count). The molecule has 0 saturated heterocycles. The lowest BCUT2D eigenvalue weighted by atomic mass is 10.00. The number of ether oxygens (including phenoxy) is 1. The van der Waals surface area contributed by atoms with Gasteiger partial charge in [0.2, 0.25) is 0 Å². The molecule has 0 aromatic heterocycles. The first-order valence-electron chi connectivity index (χ1n) is 6.20. The highest BCUT2D eigenvalue weighted by Crippen LogP contribution is 2.21. The molecule has 0 unspecified atom stereocenters. The fourth-order valence-electron chi connectivity index (χ4n) is 1.70. The van der Waals surface area contributed by atoms with Crippen LogP contribution in [0.1, 0.15) is 50.0 Å². The molecule has 0 fully saturated rings.